The highest BCUT2D eigenvalue weighted by Gasteiger charge is 2.31. The van der Waals surface area contributed by atoms with E-state index >= 15 is 0 Å². The zero-order valence-electron chi connectivity index (χ0n) is 12.9. The summed E-state index contributed by atoms with van der Waals surface area (Å²) in [6, 6.07) is 7.62. The summed E-state index contributed by atoms with van der Waals surface area (Å²) in [6.45, 7) is 0.756. The smallest absolute Gasteiger partial charge is 0.185 e. The van der Waals surface area contributed by atoms with Gasteiger partial charge in [-0.1, -0.05) is 0 Å². The Morgan fingerprint density at radius 2 is 2.04 bits per heavy atom. The van der Waals surface area contributed by atoms with Crippen LogP contribution >= 0.6 is 0 Å². The first kappa shape index (κ1) is 14.1. The molecule has 0 aromatic carbocycles. The van der Waals surface area contributed by atoms with Gasteiger partial charge in [0.05, 0.1) is 6.10 Å². The van der Waals surface area contributed by atoms with Crippen molar-refractivity contribution in [2.45, 2.75) is 18.9 Å². The molecule has 0 spiro atoms. The maximum atomic E-state index is 5.53. The molecular weight excluding hydrogens is 292 g/mol. The van der Waals surface area contributed by atoms with Crippen LogP contribution in [0.2, 0.25) is 0 Å². The monoisotopic (exact) mass is 310 g/mol. The molecule has 0 saturated heterocycles. The van der Waals surface area contributed by atoms with Gasteiger partial charge >= 0.3 is 0 Å². The number of fused-ring (bicyclic) bond motifs is 1. The molecule has 1 aliphatic carbocycles. The number of nitrogens with zero attached hydrogens (tertiary/aromatic N) is 5. The maximum absolute atomic E-state index is 5.53. The summed E-state index contributed by atoms with van der Waals surface area (Å²) < 4.78 is 7.28. The predicted octanol–water partition coefficient (Wildman–Crippen LogP) is 2.02. The first-order chi connectivity index (χ1) is 11.3. The third-order valence-corrected chi connectivity index (χ3v) is 4.14. The molecule has 4 rings (SSSR count). The van der Waals surface area contributed by atoms with Gasteiger partial charge in [0.25, 0.3) is 0 Å². The van der Waals surface area contributed by atoms with Gasteiger partial charge in [0.1, 0.15) is 5.82 Å². The number of hydrogen-bond acceptors (Lipinski definition) is 6. The van der Waals surface area contributed by atoms with Gasteiger partial charge < -0.3 is 10.1 Å². The molecule has 0 radical (unpaired) electrons. The van der Waals surface area contributed by atoms with Crippen molar-refractivity contribution in [1.82, 2.24) is 24.8 Å². The Bertz CT molecular complexity index is 799. The molecule has 3 aromatic heterocycles. The zero-order chi connectivity index (χ0) is 15.6. The third kappa shape index (κ3) is 2.87. The molecule has 3 aromatic rings. The quantitative estimate of drug-likeness (QED) is 0.750. The van der Waals surface area contributed by atoms with Crippen LogP contribution in [0.1, 0.15) is 12.8 Å². The van der Waals surface area contributed by atoms with Crippen molar-refractivity contribution in [2.75, 3.05) is 19.0 Å². The van der Waals surface area contributed by atoms with Crippen LogP contribution in [0.5, 0.6) is 0 Å². The second-order valence-corrected chi connectivity index (χ2v) is 5.74. The lowest BCUT2D eigenvalue weighted by atomic mass is 10.2. The number of anilines is 1. The maximum Gasteiger partial charge on any atom is 0.185 e. The van der Waals surface area contributed by atoms with Gasteiger partial charge in [-0.25, -0.2) is 0 Å². The first-order valence-electron chi connectivity index (χ1n) is 7.74. The highest BCUT2D eigenvalue weighted by molar-refractivity contribution is 5.58. The van der Waals surface area contributed by atoms with Crippen LogP contribution in [-0.2, 0) is 4.74 Å². The number of rotatable bonds is 6. The summed E-state index contributed by atoms with van der Waals surface area (Å²) in [6.07, 6.45) is 6.22. The van der Waals surface area contributed by atoms with Crippen LogP contribution < -0.4 is 5.32 Å². The van der Waals surface area contributed by atoms with Crippen LogP contribution in [0.25, 0.3) is 17.0 Å². The van der Waals surface area contributed by atoms with E-state index in [1.54, 1.807) is 24.0 Å². The van der Waals surface area contributed by atoms with Crippen molar-refractivity contribution in [3.63, 3.8) is 0 Å². The van der Waals surface area contributed by atoms with E-state index in [2.05, 4.69) is 25.6 Å². The van der Waals surface area contributed by atoms with Crippen molar-refractivity contribution >= 4 is 11.5 Å². The molecule has 1 aliphatic rings. The standard InChI is InChI=1S/C16H18N6O/c1-23-13(11-2-3-11)10-18-14-4-5-15-19-20-16(22(15)21-14)12-6-8-17-9-7-12/h4-9,11,13H,2-3,10H2,1H3,(H,18,21). The largest absolute Gasteiger partial charge is 0.379 e. The lowest BCUT2D eigenvalue weighted by Gasteiger charge is -2.15. The van der Waals surface area contributed by atoms with Crippen molar-refractivity contribution in [3.8, 4) is 11.4 Å². The molecule has 1 fully saturated rings. The van der Waals surface area contributed by atoms with E-state index in [4.69, 9.17) is 4.74 Å². The van der Waals surface area contributed by atoms with Crippen molar-refractivity contribution in [3.05, 3.63) is 36.7 Å². The van der Waals surface area contributed by atoms with E-state index < -0.39 is 0 Å². The topological polar surface area (TPSA) is 77.2 Å². The Balaban J connectivity index is 1.59. The summed E-state index contributed by atoms with van der Waals surface area (Å²) in [4.78, 5) is 4.03. The van der Waals surface area contributed by atoms with Crippen molar-refractivity contribution in [1.29, 1.82) is 0 Å². The summed E-state index contributed by atoms with van der Waals surface area (Å²) in [5.74, 6) is 2.17. The molecule has 1 saturated carbocycles. The Kier molecular flexibility index (Phi) is 3.63. The summed E-state index contributed by atoms with van der Waals surface area (Å²) >= 11 is 0. The average molecular weight is 310 g/mol. The van der Waals surface area contributed by atoms with Gasteiger partial charge in [0.2, 0.25) is 0 Å². The minimum Gasteiger partial charge on any atom is -0.379 e. The molecule has 118 valence electrons. The van der Waals surface area contributed by atoms with Crippen LogP contribution in [0.15, 0.2) is 36.7 Å². The number of hydrogen-bond donors (Lipinski definition) is 1. The minimum absolute atomic E-state index is 0.244. The Hall–Kier alpha value is -2.54. The SMILES string of the molecule is COC(CNc1ccc2nnc(-c3ccncc3)n2n1)C1CC1. The van der Waals surface area contributed by atoms with Crippen LogP contribution in [0.4, 0.5) is 5.82 Å². The Morgan fingerprint density at radius 1 is 1.22 bits per heavy atom. The average Bonchev–Trinajstić information content (AvgIpc) is 3.35. The van der Waals surface area contributed by atoms with Crippen LogP contribution in [-0.4, -0.2) is 44.6 Å². The predicted molar refractivity (Wildman–Crippen MR) is 86.0 cm³/mol. The fourth-order valence-electron chi connectivity index (χ4n) is 2.68. The summed E-state index contributed by atoms with van der Waals surface area (Å²) in [5, 5.41) is 16.3. The molecule has 1 unspecified atom stereocenters. The number of ether oxygens (including phenoxy) is 1. The fourth-order valence-corrected chi connectivity index (χ4v) is 2.68. The fraction of sp³-hybridized carbons (Fsp3) is 0.375. The van der Waals surface area contributed by atoms with Gasteiger partial charge in [-0.05, 0) is 43.0 Å². The molecule has 7 nitrogen and oxygen atoms in total. The van der Waals surface area contributed by atoms with E-state index in [0.717, 1.165) is 17.9 Å². The number of aromatic nitrogens is 5. The molecule has 1 N–H and O–H groups in total. The van der Waals surface area contributed by atoms with Crippen LogP contribution in [0.3, 0.4) is 0 Å². The molecule has 0 bridgehead atoms. The molecule has 1 atom stereocenters. The highest BCUT2D eigenvalue weighted by atomic mass is 16.5. The van der Waals surface area contributed by atoms with Gasteiger partial charge in [0, 0.05) is 31.6 Å². The van der Waals surface area contributed by atoms with Gasteiger partial charge in [-0.2, -0.15) is 4.52 Å². The molecule has 0 amide bonds. The summed E-state index contributed by atoms with van der Waals surface area (Å²) in [7, 11) is 1.77. The number of methoxy groups -OCH3 is 1. The van der Waals surface area contributed by atoms with E-state index in [9.17, 15) is 0 Å². The van der Waals surface area contributed by atoms with Crippen molar-refractivity contribution in [2.24, 2.45) is 5.92 Å². The highest BCUT2D eigenvalue weighted by Crippen LogP contribution is 2.34. The van der Waals surface area contributed by atoms with E-state index in [1.165, 1.54) is 12.8 Å². The van der Waals surface area contributed by atoms with Crippen LogP contribution in [0, 0.1) is 5.92 Å². The zero-order valence-corrected chi connectivity index (χ0v) is 12.9. The molecule has 7 heteroatoms. The lowest BCUT2D eigenvalue weighted by molar-refractivity contribution is 0.0949. The van der Waals surface area contributed by atoms with E-state index in [1.807, 2.05) is 24.3 Å². The normalized spacial score (nSPS) is 15.7. The Morgan fingerprint density at radius 3 is 2.78 bits per heavy atom. The second-order valence-electron chi connectivity index (χ2n) is 5.74. The van der Waals surface area contributed by atoms with Gasteiger partial charge in [-0.3, -0.25) is 4.98 Å². The molecular formula is C16H18N6O. The first-order valence-corrected chi connectivity index (χ1v) is 7.74. The summed E-state index contributed by atoms with van der Waals surface area (Å²) in [5.41, 5.74) is 1.65. The Labute approximate surface area is 133 Å². The third-order valence-electron chi connectivity index (χ3n) is 4.14. The van der Waals surface area contributed by atoms with E-state index in [-0.39, 0.29) is 6.10 Å². The van der Waals surface area contributed by atoms with E-state index in [0.29, 0.717) is 17.4 Å². The van der Waals surface area contributed by atoms with Gasteiger partial charge in [0.15, 0.2) is 11.5 Å². The molecule has 3 heterocycles. The number of pyridine rings is 1. The van der Waals surface area contributed by atoms with Crippen molar-refractivity contribution < 1.29 is 4.74 Å². The van der Waals surface area contributed by atoms with Gasteiger partial charge in [-0.15, -0.1) is 15.3 Å². The number of nitrogens with one attached hydrogen (secondary N) is 1. The lowest BCUT2D eigenvalue weighted by Crippen LogP contribution is -2.24. The molecule has 23 heavy (non-hydrogen) atoms. The molecule has 0 aliphatic heterocycles. The second kappa shape index (κ2) is 5.92. The minimum atomic E-state index is 0.244.